The minimum Gasteiger partial charge on any atom is -0.486 e. The van der Waals surface area contributed by atoms with Crippen LogP contribution in [0.3, 0.4) is 0 Å². The van der Waals surface area contributed by atoms with Gasteiger partial charge in [-0.1, -0.05) is 6.07 Å². The highest BCUT2D eigenvalue weighted by atomic mass is 35.5. The molecule has 0 spiro atoms. The highest BCUT2D eigenvalue weighted by Gasteiger charge is 2.20. The second-order valence-electron chi connectivity index (χ2n) is 3.64. The van der Waals surface area contributed by atoms with Crippen LogP contribution in [0.2, 0.25) is 0 Å². The Kier molecular flexibility index (Phi) is 2.59. The summed E-state index contributed by atoms with van der Waals surface area (Å²) in [6.45, 7) is -2.59. The van der Waals surface area contributed by atoms with Crippen molar-refractivity contribution in [2.24, 2.45) is 0 Å². The minimum absolute atomic E-state index is 0. The Morgan fingerprint density at radius 3 is 2.76 bits per heavy atom. The number of benzene rings is 1. The number of piperazine rings is 1. The van der Waals surface area contributed by atoms with Crippen molar-refractivity contribution in [2.75, 3.05) is 44.2 Å². The molecule has 17 heavy (non-hydrogen) atoms. The Labute approximate surface area is 113 Å². The first-order valence-electron chi connectivity index (χ1n) is 7.29. The molecule has 0 aromatic heterocycles. The van der Waals surface area contributed by atoms with Gasteiger partial charge < -0.3 is 19.7 Å². The van der Waals surface area contributed by atoms with Crippen molar-refractivity contribution in [1.29, 1.82) is 0 Å². The van der Waals surface area contributed by atoms with E-state index in [1.807, 2.05) is 0 Å². The van der Waals surface area contributed by atoms with Crippen molar-refractivity contribution in [3.05, 3.63) is 18.2 Å². The molecule has 1 fully saturated rings. The van der Waals surface area contributed by atoms with Crippen molar-refractivity contribution in [3.63, 3.8) is 0 Å². The topological polar surface area (TPSA) is 33.7 Å². The molecule has 5 heteroatoms. The van der Waals surface area contributed by atoms with E-state index in [-0.39, 0.29) is 25.5 Å². The van der Waals surface area contributed by atoms with Gasteiger partial charge >= 0.3 is 0 Å². The van der Waals surface area contributed by atoms with Crippen LogP contribution in [0.5, 0.6) is 11.5 Å². The van der Waals surface area contributed by atoms with Crippen molar-refractivity contribution in [1.82, 2.24) is 5.32 Å². The third-order valence-electron chi connectivity index (χ3n) is 2.60. The van der Waals surface area contributed by atoms with Gasteiger partial charge in [-0.15, -0.1) is 12.4 Å². The van der Waals surface area contributed by atoms with E-state index < -0.39 is 13.0 Å². The number of rotatable bonds is 1. The second kappa shape index (κ2) is 5.47. The van der Waals surface area contributed by atoms with Gasteiger partial charge in [-0.2, -0.15) is 0 Å². The van der Waals surface area contributed by atoms with Crippen LogP contribution in [0.4, 0.5) is 5.69 Å². The zero-order chi connectivity index (χ0) is 14.4. The summed E-state index contributed by atoms with van der Waals surface area (Å²) in [5.41, 5.74) is 0.663. The lowest BCUT2D eigenvalue weighted by Gasteiger charge is -2.32. The molecule has 4 nitrogen and oxygen atoms in total. The lowest BCUT2D eigenvalue weighted by Crippen LogP contribution is -2.43. The standard InChI is InChI=1S/C12H16N2O2.ClH/c1-2-10(14-6-4-13-5-7-14)12-11(3-1)15-8-9-16-12;/h1-3,13H,4-9H2;1H/i4D2,5D2;. The summed E-state index contributed by atoms with van der Waals surface area (Å²) in [5, 5.41) is 2.36. The molecule has 94 valence electrons. The fourth-order valence-corrected chi connectivity index (χ4v) is 1.87. The van der Waals surface area contributed by atoms with Crippen molar-refractivity contribution < 1.29 is 15.0 Å². The van der Waals surface area contributed by atoms with E-state index in [9.17, 15) is 0 Å². The lowest BCUT2D eigenvalue weighted by molar-refractivity contribution is 0.172. The summed E-state index contributed by atoms with van der Waals surface area (Å²) in [5.74, 6) is 1.18. The van der Waals surface area contributed by atoms with Gasteiger partial charge in [0.2, 0.25) is 0 Å². The molecule has 1 aromatic carbocycles. The zero-order valence-corrected chi connectivity index (χ0v) is 10.0. The Hall–Kier alpha value is -1.13. The molecule has 0 amide bonds. The quantitative estimate of drug-likeness (QED) is 0.825. The lowest BCUT2D eigenvalue weighted by atomic mass is 10.2. The Balaban J connectivity index is 0.00000161. The van der Waals surface area contributed by atoms with Gasteiger partial charge in [0.05, 0.1) is 5.69 Å². The van der Waals surface area contributed by atoms with E-state index in [0.29, 0.717) is 30.4 Å². The summed E-state index contributed by atoms with van der Waals surface area (Å²) in [4.78, 5) is 1.66. The smallest absolute Gasteiger partial charge is 0.184 e. The average Bonchev–Trinajstić information content (AvgIpc) is 2.34. The van der Waals surface area contributed by atoms with Gasteiger partial charge in [0, 0.05) is 31.6 Å². The maximum Gasteiger partial charge on any atom is 0.184 e. The van der Waals surface area contributed by atoms with Crippen LogP contribution in [0, 0.1) is 0 Å². The number of hydrogen-bond acceptors (Lipinski definition) is 4. The minimum atomic E-state index is -1.81. The summed E-state index contributed by atoms with van der Waals surface area (Å²) >= 11 is 0. The molecule has 2 aliphatic rings. The molecular weight excluding hydrogens is 240 g/mol. The molecule has 0 aliphatic carbocycles. The zero-order valence-electron chi connectivity index (χ0n) is 13.2. The number of nitrogens with zero attached hydrogens (tertiary/aromatic N) is 1. The van der Waals surface area contributed by atoms with E-state index >= 15 is 0 Å². The van der Waals surface area contributed by atoms with Gasteiger partial charge in [0.15, 0.2) is 11.5 Å². The highest BCUT2D eigenvalue weighted by molar-refractivity contribution is 5.85. The molecule has 1 aromatic rings. The molecule has 0 unspecified atom stereocenters. The number of fused-ring (bicyclic) bond motifs is 1. The molecule has 2 aliphatic heterocycles. The first kappa shape index (κ1) is 8.06. The van der Waals surface area contributed by atoms with Crippen molar-refractivity contribution >= 4 is 18.1 Å². The molecule has 0 saturated carbocycles. The predicted octanol–water partition coefficient (Wildman–Crippen LogP) is 1.29. The summed E-state index contributed by atoms with van der Waals surface area (Å²) in [6.07, 6.45) is 0. The molecule has 1 N–H and O–H groups in total. The van der Waals surface area contributed by atoms with Crippen molar-refractivity contribution in [2.45, 2.75) is 0 Å². The average molecular weight is 261 g/mol. The summed E-state index contributed by atoms with van der Waals surface area (Å²) in [7, 11) is 0. The molecule has 0 radical (unpaired) electrons. The van der Waals surface area contributed by atoms with Crippen LogP contribution in [0.25, 0.3) is 0 Å². The van der Waals surface area contributed by atoms with Crippen LogP contribution in [-0.4, -0.2) is 39.3 Å². The number of anilines is 1. The Morgan fingerprint density at radius 2 is 1.94 bits per heavy atom. The van der Waals surface area contributed by atoms with E-state index in [0.717, 1.165) is 0 Å². The fourth-order valence-electron chi connectivity index (χ4n) is 1.87. The molecule has 3 rings (SSSR count). The van der Waals surface area contributed by atoms with Gasteiger partial charge in [0.1, 0.15) is 13.2 Å². The molecule has 2 heterocycles. The van der Waals surface area contributed by atoms with Gasteiger partial charge in [-0.25, -0.2) is 0 Å². The third-order valence-corrected chi connectivity index (χ3v) is 2.60. The van der Waals surface area contributed by atoms with Crippen LogP contribution in [0.1, 0.15) is 5.48 Å². The Bertz CT molecular complexity index is 514. The van der Waals surface area contributed by atoms with E-state index in [1.54, 1.807) is 23.1 Å². The first-order valence-corrected chi connectivity index (χ1v) is 5.29. The number of halogens is 1. The largest absolute Gasteiger partial charge is 0.486 e. The summed E-state index contributed by atoms with van der Waals surface area (Å²) in [6, 6.07) is 5.39. The van der Waals surface area contributed by atoms with Gasteiger partial charge in [0.25, 0.3) is 0 Å². The first-order chi connectivity index (χ1) is 9.36. The van der Waals surface area contributed by atoms with Crippen LogP contribution >= 0.6 is 12.4 Å². The van der Waals surface area contributed by atoms with Crippen LogP contribution < -0.4 is 19.7 Å². The normalized spacial score (nSPS) is 27.9. The number of nitrogens with one attached hydrogen (secondary N) is 1. The fraction of sp³-hybridized carbons (Fsp3) is 0.500. The number of hydrogen-bond donors (Lipinski definition) is 1. The van der Waals surface area contributed by atoms with Gasteiger partial charge in [-0.3, -0.25) is 0 Å². The third kappa shape index (κ3) is 2.42. The molecular formula is C12H17ClN2O2. The number of ether oxygens (including phenoxy) is 2. The maximum absolute atomic E-state index is 7.80. The van der Waals surface area contributed by atoms with Crippen molar-refractivity contribution in [3.8, 4) is 11.5 Å². The Morgan fingerprint density at radius 1 is 1.18 bits per heavy atom. The van der Waals surface area contributed by atoms with E-state index in [2.05, 4.69) is 5.32 Å². The summed E-state index contributed by atoms with van der Waals surface area (Å²) < 4.78 is 42.3. The van der Waals surface area contributed by atoms with Crippen LogP contribution in [0.15, 0.2) is 18.2 Å². The maximum atomic E-state index is 7.80. The van der Waals surface area contributed by atoms with E-state index in [1.165, 1.54) is 0 Å². The van der Waals surface area contributed by atoms with Crippen LogP contribution in [-0.2, 0) is 0 Å². The SMILES string of the molecule is Cl.[2H]C1([2H])CN(c2cccc3c2OCCO3)CC([2H])([2H])N1. The van der Waals surface area contributed by atoms with E-state index in [4.69, 9.17) is 15.0 Å². The van der Waals surface area contributed by atoms with Gasteiger partial charge in [-0.05, 0) is 12.1 Å². The highest BCUT2D eigenvalue weighted by Crippen LogP contribution is 2.39. The molecule has 0 bridgehead atoms. The molecule has 0 atom stereocenters. The number of para-hydroxylation sites is 1. The monoisotopic (exact) mass is 260 g/mol. The molecule has 1 saturated heterocycles. The predicted molar refractivity (Wildman–Crippen MR) is 69.8 cm³/mol. The second-order valence-corrected chi connectivity index (χ2v) is 3.64.